The number of aliphatic imine (C=N–C) groups is 1. The summed E-state index contributed by atoms with van der Waals surface area (Å²) in [6.07, 6.45) is 1.66. The van der Waals surface area contributed by atoms with Crippen LogP contribution in [0, 0.1) is 10.1 Å². The van der Waals surface area contributed by atoms with Gasteiger partial charge in [-0.15, -0.1) is 0 Å². The van der Waals surface area contributed by atoms with E-state index in [0.29, 0.717) is 28.7 Å². The van der Waals surface area contributed by atoms with Crippen LogP contribution in [0.5, 0.6) is 5.75 Å². The molecule has 0 aliphatic carbocycles. The average molecular weight is 460 g/mol. The molecule has 166 valence electrons. The summed E-state index contributed by atoms with van der Waals surface area (Å²) in [7, 11) is 1.38. The predicted octanol–water partition coefficient (Wildman–Crippen LogP) is 5.28. The van der Waals surface area contributed by atoms with Crippen molar-refractivity contribution in [2.24, 2.45) is 4.99 Å². The number of nitro benzene ring substituents is 1. The fourth-order valence-corrected chi connectivity index (χ4v) is 4.34. The van der Waals surface area contributed by atoms with Crippen LogP contribution in [0.15, 0.2) is 88.8 Å². The van der Waals surface area contributed by atoms with Crippen LogP contribution in [0.4, 0.5) is 5.69 Å². The SMILES string of the molecule is COc1ccc(/C=C2\SC(=NCc3ccccc3)N(Cc3ccccc3)C2=O)cc1[N+](=O)[O-]. The minimum Gasteiger partial charge on any atom is -0.490 e. The van der Waals surface area contributed by atoms with E-state index in [9.17, 15) is 14.9 Å². The average Bonchev–Trinajstić information content (AvgIpc) is 3.13. The van der Waals surface area contributed by atoms with Crippen LogP contribution < -0.4 is 4.74 Å². The number of carbonyl (C=O) groups is 1. The summed E-state index contributed by atoms with van der Waals surface area (Å²) in [5.41, 5.74) is 2.42. The first-order chi connectivity index (χ1) is 16.0. The molecule has 0 spiro atoms. The van der Waals surface area contributed by atoms with Crippen molar-refractivity contribution < 1.29 is 14.5 Å². The van der Waals surface area contributed by atoms with Gasteiger partial charge in [-0.1, -0.05) is 66.7 Å². The molecule has 8 heteroatoms. The van der Waals surface area contributed by atoms with Crippen molar-refractivity contribution >= 4 is 34.6 Å². The van der Waals surface area contributed by atoms with Crippen LogP contribution in [0.2, 0.25) is 0 Å². The molecule has 0 aromatic heterocycles. The lowest BCUT2D eigenvalue weighted by molar-refractivity contribution is -0.385. The van der Waals surface area contributed by atoms with Gasteiger partial charge in [0, 0.05) is 6.07 Å². The quantitative estimate of drug-likeness (QED) is 0.273. The Morgan fingerprint density at radius 2 is 1.70 bits per heavy atom. The first kappa shape index (κ1) is 22.3. The maximum Gasteiger partial charge on any atom is 0.311 e. The molecule has 4 rings (SSSR count). The van der Waals surface area contributed by atoms with Gasteiger partial charge in [0.25, 0.3) is 5.91 Å². The lowest BCUT2D eigenvalue weighted by Gasteiger charge is -2.15. The molecule has 33 heavy (non-hydrogen) atoms. The minimum absolute atomic E-state index is 0.151. The summed E-state index contributed by atoms with van der Waals surface area (Å²) < 4.78 is 5.07. The van der Waals surface area contributed by atoms with Gasteiger partial charge in [0.2, 0.25) is 0 Å². The molecule has 0 radical (unpaired) electrons. The van der Waals surface area contributed by atoms with Crippen LogP contribution >= 0.6 is 11.8 Å². The molecule has 0 bridgehead atoms. The van der Waals surface area contributed by atoms with E-state index in [0.717, 1.165) is 11.1 Å². The van der Waals surface area contributed by atoms with Crippen molar-refractivity contribution in [3.8, 4) is 5.75 Å². The van der Waals surface area contributed by atoms with Crippen LogP contribution in [0.1, 0.15) is 16.7 Å². The molecular weight excluding hydrogens is 438 g/mol. The number of methoxy groups -OCH3 is 1. The van der Waals surface area contributed by atoms with Gasteiger partial charge in [-0.3, -0.25) is 24.8 Å². The standard InChI is InChI=1S/C25H21N3O4S/c1-32-22-13-12-20(14-21(22)28(30)31)15-23-24(29)27(17-19-10-6-3-7-11-19)25(33-23)26-16-18-8-4-2-5-9-18/h2-15H,16-17H2,1H3/b23-15-,26-25?. The number of hydrogen-bond acceptors (Lipinski definition) is 6. The Kier molecular flexibility index (Phi) is 6.85. The summed E-state index contributed by atoms with van der Waals surface area (Å²) in [5.74, 6) is -0.0162. The summed E-state index contributed by atoms with van der Waals surface area (Å²) in [4.78, 5) is 30.9. The summed E-state index contributed by atoms with van der Waals surface area (Å²) >= 11 is 1.27. The molecule has 1 fully saturated rings. The number of thioether (sulfide) groups is 1. The fourth-order valence-electron chi connectivity index (χ4n) is 3.36. The van der Waals surface area contributed by atoms with Gasteiger partial charge < -0.3 is 4.74 Å². The van der Waals surface area contributed by atoms with E-state index in [1.54, 1.807) is 17.0 Å². The Bertz CT molecular complexity index is 1230. The zero-order chi connectivity index (χ0) is 23.2. The molecule has 1 amide bonds. The highest BCUT2D eigenvalue weighted by Gasteiger charge is 2.33. The lowest BCUT2D eigenvalue weighted by atomic mass is 10.1. The van der Waals surface area contributed by atoms with E-state index in [1.807, 2.05) is 60.7 Å². The van der Waals surface area contributed by atoms with Gasteiger partial charge >= 0.3 is 5.69 Å². The van der Waals surface area contributed by atoms with E-state index in [1.165, 1.54) is 31.0 Å². The number of benzene rings is 3. The number of nitro groups is 1. The fraction of sp³-hybridized carbons (Fsp3) is 0.120. The second kappa shape index (κ2) is 10.1. The van der Waals surface area contributed by atoms with Crippen molar-refractivity contribution in [2.75, 3.05) is 7.11 Å². The second-order valence-corrected chi connectivity index (χ2v) is 8.27. The monoisotopic (exact) mass is 459 g/mol. The topological polar surface area (TPSA) is 85.0 Å². The highest BCUT2D eigenvalue weighted by atomic mass is 32.2. The van der Waals surface area contributed by atoms with E-state index < -0.39 is 4.92 Å². The minimum atomic E-state index is -0.501. The van der Waals surface area contributed by atoms with E-state index in [2.05, 4.69) is 0 Å². The first-order valence-electron chi connectivity index (χ1n) is 10.2. The maximum atomic E-state index is 13.3. The van der Waals surface area contributed by atoms with Crippen LogP contribution in [-0.4, -0.2) is 28.0 Å². The third-order valence-electron chi connectivity index (χ3n) is 5.01. The smallest absolute Gasteiger partial charge is 0.311 e. The van der Waals surface area contributed by atoms with E-state index >= 15 is 0 Å². The van der Waals surface area contributed by atoms with E-state index in [4.69, 9.17) is 9.73 Å². The van der Waals surface area contributed by atoms with Crippen LogP contribution in [0.25, 0.3) is 6.08 Å². The number of nitrogens with zero attached hydrogens (tertiary/aromatic N) is 3. The molecule has 3 aromatic rings. The lowest BCUT2D eigenvalue weighted by Crippen LogP contribution is -2.28. The Labute approximate surface area is 195 Å². The zero-order valence-electron chi connectivity index (χ0n) is 17.9. The third-order valence-corrected chi connectivity index (χ3v) is 6.05. The van der Waals surface area contributed by atoms with Gasteiger partial charge in [0.1, 0.15) is 0 Å². The van der Waals surface area contributed by atoms with Gasteiger partial charge in [-0.2, -0.15) is 0 Å². The van der Waals surface area contributed by atoms with Gasteiger partial charge in [0.05, 0.1) is 30.0 Å². The molecule has 0 unspecified atom stereocenters. The van der Waals surface area contributed by atoms with Gasteiger partial charge in [0.15, 0.2) is 10.9 Å². The Morgan fingerprint density at radius 1 is 1.03 bits per heavy atom. The van der Waals surface area contributed by atoms with Crippen molar-refractivity contribution in [3.63, 3.8) is 0 Å². The molecule has 0 N–H and O–H groups in total. The van der Waals surface area contributed by atoms with Crippen LogP contribution in [-0.2, 0) is 17.9 Å². The molecule has 1 aliphatic heterocycles. The molecule has 0 atom stereocenters. The van der Waals surface area contributed by atoms with Crippen molar-refractivity contribution in [1.29, 1.82) is 0 Å². The van der Waals surface area contributed by atoms with Crippen molar-refractivity contribution in [2.45, 2.75) is 13.1 Å². The molecule has 0 saturated carbocycles. The predicted molar refractivity (Wildman–Crippen MR) is 130 cm³/mol. The third kappa shape index (κ3) is 5.30. The Balaban J connectivity index is 1.66. The molecule has 1 saturated heterocycles. The highest BCUT2D eigenvalue weighted by Crippen LogP contribution is 2.35. The maximum absolute atomic E-state index is 13.3. The summed E-state index contributed by atoms with van der Waals surface area (Å²) in [5, 5.41) is 12.0. The van der Waals surface area contributed by atoms with Crippen LogP contribution in [0.3, 0.4) is 0 Å². The normalized spacial score (nSPS) is 15.9. The number of carbonyl (C=O) groups excluding carboxylic acids is 1. The van der Waals surface area contributed by atoms with E-state index in [-0.39, 0.29) is 17.3 Å². The number of ether oxygens (including phenoxy) is 1. The highest BCUT2D eigenvalue weighted by molar-refractivity contribution is 8.18. The molecule has 1 aliphatic rings. The number of hydrogen-bond donors (Lipinski definition) is 0. The summed E-state index contributed by atoms with van der Waals surface area (Å²) in [6.45, 7) is 0.837. The molecular formula is C25H21N3O4S. The summed E-state index contributed by atoms with van der Waals surface area (Å²) in [6, 6.07) is 24.1. The van der Waals surface area contributed by atoms with Gasteiger partial charge in [-0.05, 0) is 40.6 Å². The Hall–Kier alpha value is -3.91. The van der Waals surface area contributed by atoms with Crippen molar-refractivity contribution in [3.05, 3.63) is 111 Å². The second-order valence-electron chi connectivity index (χ2n) is 7.26. The molecule has 3 aromatic carbocycles. The molecule has 1 heterocycles. The largest absolute Gasteiger partial charge is 0.490 e. The number of rotatable bonds is 7. The molecule has 7 nitrogen and oxygen atoms in total. The van der Waals surface area contributed by atoms with Gasteiger partial charge in [-0.25, -0.2) is 0 Å². The number of amidine groups is 1. The van der Waals surface area contributed by atoms with Crippen molar-refractivity contribution in [1.82, 2.24) is 4.90 Å². The zero-order valence-corrected chi connectivity index (χ0v) is 18.7. The Morgan fingerprint density at radius 3 is 2.33 bits per heavy atom. The first-order valence-corrected chi connectivity index (χ1v) is 11.0. The number of amides is 1.